The third-order valence-corrected chi connectivity index (χ3v) is 7.41. The Labute approximate surface area is 206 Å². The van der Waals surface area contributed by atoms with Crippen LogP contribution in [0.4, 0.5) is 5.82 Å². The average Bonchev–Trinajstić information content (AvgIpc) is 3.20. The highest BCUT2D eigenvalue weighted by Gasteiger charge is 2.15. The molecule has 0 aliphatic heterocycles. The molecule has 176 valence electrons. The van der Waals surface area contributed by atoms with Gasteiger partial charge in [0.2, 0.25) is 10.0 Å². The molecule has 10 heteroatoms. The summed E-state index contributed by atoms with van der Waals surface area (Å²) in [6.07, 6.45) is 2.36. The van der Waals surface area contributed by atoms with Crippen molar-refractivity contribution in [2.24, 2.45) is 0 Å². The predicted octanol–water partition coefficient (Wildman–Crippen LogP) is 3.21. The van der Waals surface area contributed by atoms with Crippen LogP contribution in [0, 0.1) is 0 Å². The summed E-state index contributed by atoms with van der Waals surface area (Å²) in [5, 5.41) is 8.40. The third-order valence-electron chi connectivity index (χ3n) is 5.61. The second kappa shape index (κ2) is 10.2. The lowest BCUT2D eigenvalue weighted by Gasteiger charge is -2.12. The van der Waals surface area contributed by atoms with Crippen LogP contribution in [-0.2, 0) is 10.0 Å². The molecule has 0 fully saturated rings. The van der Waals surface area contributed by atoms with E-state index < -0.39 is 10.0 Å². The number of hydrogen-bond acceptors (Lipinski definition) is 5. The highest BCUT2D eigenvalue weighted by atomic mass is 35.5. The van der Waals surface area contributed by atoms with Crippen molar-refractivity contribution in [3.8, 4) is 11.3 Å². The first-order chi connectivity index (χ1) is 16.3. The number of benzene rings is 2. The fraction of sp³-hybridized carbons (Fsp3) is 0.250. The molecule has 34 heavy (non-hydrogen) atoms. The van der Waals surface area contributed by atoms with Crippen molar-refractivity contribution in [3.05, 3.63) is 71.4 Å². The van der Waals surface area contributed by atoms with E-state index in [0.717, 1.165) is 33.7 Å². The van der Waals surface area contributed by atoms with E-state index in [4.69, 9.17) is 16.6 Å². The maximum absolute atomic E-state index is 12.6. The van der Waals surface area contributed by atoms with E-state index in [9.17, 15) is 8.42 Å². The molecule has 0 aliphatic carbocycles. The Morgan fingerprint density at radius 2 is 1.82 bits per heavy atom. The molecule has 2 aromatic heterocycles. The van der Waals surface area contributed by atoms with Crippen molar-refractivity contribution < 1.29 is 8.42 Å². The highest BCUT2D eigenvalue weighted by molar-refractivity contribution is 7.89. The van der Waals surface area contributed by atoms with Gasteiger partial charge in [0, 0.05) is 35.9 Å². The molecule has 0 unspecified atom stereocenters. The average molecular weight is 496 g/mol. The van der Waals surface area contributed by atoms with Crippen LogP contribution in [0.1, 0.15) is 31.7 Å². The number of sulfonamides is 1. The maximum Gasteiger partial charge on any atom is 0.240 e. The fourth-order valence-electron chi connectivity index (χ4n) is 3.63. The fourth-order valence-corrected chi connectivity index (χ4v) is 4.94. The minimum atomic E-state index is -3.55. The monoisotopic (exact) mass is 495 g/mol. The van der Waals surface area contributed by atoms with Crippen molar-refractivity contribution in [1.29, 1.82) is 0 Å². The number of rotatable bonds is 9. The summed E-state index contributed by atoms with van der Waals surface area (Å²) in [6, 6.07) is 16.5. The molecule has 0 saturated carbocycles. The zero-order chi connectivity index (χ0) is 24.3. The van der Waals surface area contributed by atoms with Crippen molar-refractivity contribution >= 4 is 46.4 Å². The number of anilines is 1. The van der Waals surface area contributed by atoms with Gasteiger partial charge in [0.15, 0.2) is 5.65 Å². The molecular weight excluding hydrogens is 469 g/mol. The molecule has 0 spiro atoms. The van der Waals surface area contributed by atoms with Crippen LogP contribution in [0.5, 0.6) is 0 Å². The zero-order valence-corrected chi connectivity index (χ0v) is 21.0. The van der Waals surface area contributed by atoms with Crippen molar-refractivity contribution in [2.75, 3.05) is 18.4 Å². The first kappa shape index (κ1) is 24.3. The number of nitrogens with one attached hydrogen (secondary N) is 2. The lowest BCUT2D eigenvalue weighted by molar-refractivity contribution is 0.580. The Bertz CT molecular complexity index is 1400. The molecule has 0 bridgehead atoms. The second-order valence-electron chi connectivity index (χ2n) is 8.47. The highest BCUT2D eigenvalue weighted by Crippen LogP contribution is 2.28. The Morgan fingerprint density at radius 3 is 2.53 bits per heavy atom. The summed E-state index contributed by atoms with van der Waals surface area (Å²) < 4.78 is 29.6. The van der Waals surface area contributed by atoms with Gasteiger partial charge in [-0.15, -0.1) is 0 Å². The van der Waals surface area contributed by atoms with Crippen LogP contribution < -0.4 is 15.5 Å². The third kappa shape index (κ3) is 5.27. The van der Waals surface area contributed by atoms with Crippen molar-refractivity contribution in [2.45, 2.75) is 31.1 Å². The molecule has 2 heterocycles. The topological polar surface area (TPSA) is 88.4 Å². The molecule has 0 atom stereocenters. The van der Waals surface area contributed by atoms with Crippen LogP contribution in [0.2, 0.25) is 5.02 Å². The van der Waals surface area contributed by atoms with Crippen LogP contribution in [0.25, 0.3) is 16.9 Å². The van der Waals surface area contributed by atoms with E-state index in [1.54, 1.807) is 22.8 Å². The summed E-state index contributed by atoms with van der Waals surface area (Å²) in [6.45, 7) is 5.01. The number of aromatic nitrogens is 3. The van der Waals surface area contributed by atoms with E-state index in [1.165, 1.54) is 0 Å². The molecule has 0 amide bonds. The lowest BCUT2D eigenvalue weighted by Crippen LogP contribution is -2.26. The summed E-state index contributed by atoms with van der Waals surface area (Å²) in [7, 11) is -1.59. The minimum absolute atomic E-state index is 0.275. The number of nitrogens with zero attached hydrogens (tertiary/aromatic N) is 3. The summed E-state index contributed by atoms with van der Waals surface area (Å²) in [4.78, 5) is 5.01. The number of fused-ring (bicyclic) bond motifs is 1. The smallest absolute Gasteiger partial charge is 0.240 e. The molecule has 7 nitrogen and oxygen atoms in total. The van der Waals surface area contributed by atoms with Gasteiger partial charge in [-0.25, -0.2) is 18.1 Å². The molecule has 0 radical (unpaired) electrons. The zero-order valence-electron chi connectivity index (χ0n) is 19.4. The predicted molar refractivity (Wildman–Crippen MR) is 140 cm³/mol. The Kier molecular flexibility index (Phi) is 7.26. The first-order valence-electron chi connectivity index (χ1n) is 11.2. The molecule has 4 rings (SSSR count). The van der Waals surface area contributed by atoms with Gasteiger partial charge in [0.1, 0.15) is 13.7 Å². The van der Waals surface area contributed by atoms with Gasteiger partial charge >= 0.3 is 0 Å². The normalized spacial score (nSPS) is 11.9. The summed E-state index contributed by atoms with van der Waals surface area (Å²) >= 11 is 6.39. The first-order valence-corrected chi connectivity index (χ1v) is 13.1. The number of halogens is 1. The van der Waals surface area contributed by atoms with Gasteiger partial charge in [-0.1, -0.05) is 55.8 Å². The van der Waals surface area contributed by atoms with Gasteiger partial charge in [0.25, 0.3) is 0 Å². The summed E-state index contributed by atoms with van der Waals surface area (Å²) in [5.74, 6) is 1.12. The molecule has 0 saturated heterocycles. The molecule has 2 N–H and O–H groups in total. The lowest BCUT2D eigenvalue weighted by atomic mass is 10.0. The van der Waals surface area contributed by atoms with E-state index in [0.29, 0.717) is 30.5 Å². The molecule has 2 aromatic carbocycles. The van der Waals surface area contributed by atoms with Gasteiger partial charge in [-0.2, -0.15) is 9.61 Å². The Balaban J connectivity index is 1.42. The second-order valence-corrected chi connectivity index (χ2v) is 10.6. The van der Waals surface area contributed by atoms with E-state index in [1.807, 2.05) is 50.3 Å². The van der Waals surface area contributed by atoms with Crippen molar-refractivity contribution in [3.63, 3.8) is 0 Å². The minimum Gasteiger partial charge on any atom is -0.370 e. The molecular formula is C24H27BClN5O2S. The van der Waals surface area contributed by atoms with Gasteiger partial charge in [-0.05, 0) is 41.6 Å². The standard InChI is InChI=1S/C24H27BClN5O2S/c1-16(2)17-8-10-18(11-9-17)34(32,33)29-13-5-12-27-23-14-22(19-6-3-4-7-21(19)26)30-24-20(25)15-28-31(23)24/h3-4,6-11,14-16,27,29H,5,12-13,25H2,1-2H3. The van der Waals surface area contributed by atoms with E-state index >= 15 is 0 Å². The quantitative estimate of drug-likeness (QED) is 0.275. The van der Waals surface area contributed by atoms with Crippen LogP contribution in [-0.4, -0.2) is 44.0 Å². The van der Waals surface area contributed by atoms with Crippen molar-refractivity contribution in [1.82, 2.24) is 19.3 Å². The Morgan fingerprint density at radius 1 is 1.09 bits per heavy atom. The van der Waals surface area contributed by atoms with Crippen LogP contribution >= 0.6 is 11.6 Å². The number of hydrogen-bond donors (Lipinski definition) is 2. The maximum atomic E-state index is 12.6. The van der Waals surface area contributed by atoms with Crippen LogP contribution in [0.15, 0.2) is 65.7 Å². The van der Waals surface area contributed by atoms with E-state index in [-0.39, 0.29) is 4.90 Å². The van der Waals surface area contributed by atoms with Crippen LogP contribution in [0.3, 0.4) is 0 Å². The summed E-state index contributed by atoms with van der Waals surface area (Å²) in [5.41, 5.74) is 4.39. The van der Waals surface area contributed by atoms with Gasteiger partial charge in [-0.3, -0.25) is 0 Å². The van der Waals surface area contributed by atoms with Gasteiger partial charge < -0.3 is 5.32 Å². The SMILES string of the molecule is Bc1cnn2c(NCCCNS(=O)(=O)c3ccc(C(C)C)cc3)cc(-c3ccccc3Cl)nc12. The molecule has 4 aromatic rings. The van der Waals surface area contributed by atoms with E-state index in [2.05, 4.69) is 29.0 Å². The van der Waals surface area contributed by atoms with Gasteiger partial charge in [0.05, 0.1) is 10.6 Å². The Hall–Kier alpha value is -2.88. The largest absolute Gasteiger partial charge is 0.370 e. The molecule has 0 aliphatic rings.